The second-order valence-electron chi connectivity index (χ2n) is 4.16. The molecule has 0 aromatic carbocycles. The molecule has 0 spiro atoms. The Balaban J connectivity index is 2.56. The van der Waals surface area contributed by atoms with Gasteiger partial charge in [-0.25, -0.2) is 4.79 Å². The SMILES string of the molecule is CCCCC#CC1(OC(=O)OC)CCCC1. The molecule has 1 rings (SSSR count). The van der Waals surface area contributed by atoms with Crippen LogP contribution in [0.25, 0.3) is 0 Å². The summed E-state index contributed by atoms with van der Waals surface area (Å²) in [6.07, 6.45) is 6.30. The highest BCUT2D eigenvalue weighted by molar-refractivity contribution is 5.61. The second kappa shape index (κ2) is 6.42. The second-order valence-corrected chi connectivity index (χ2v) is 4.16. The van der Waals surface area contributed by atoms with Gasteiger partial charge in [-0.05, 0) is 32.1 Å². The summed E-state index contributed by atoms with van der Waals surface area (Å²) in [5, 5.41) is 0. The highest BCUT2D eigenvalue weighted by Gasteiger charge is 2.36. The van der Waals surface area contributed by atoms with Crippen molar-refractivity contribution in [1.29, 1.82) is 0 Å². The molecule has 0 N–H and O–H groups in total. The standard InChI is InChI=1S/C13H20O3/c1-3-4-5-6-9-13(10-7-8-11-13)16-12(14)15-2/h3-5,7-8,10-11H2,1-2H3. The Morgan fingerprint density at radius 3 is 2.62 bits per heavy atom. The van der Waals surface area contributed by atoms with Crippen molar-refractivity contribution < 1.29 is 14.3 Å². The first kappa shape index (κ1) is 12.9. The van der Waals surface area contributed by atoms with Crippen LogP contribution in [0.2, 0.25) is 0 Å². The third-order valence-corrected chi connectivity index (χ3v) is 2.83. The molecular formula is C13H20O3. The minimum absolute atomic E-state index is 0.569. The van der Waals surface area contributed by atoms with E-state index in [4.69, 9.17) is 4.74 Å². The fourth-order valence-corrected chi connectivity index (χ4v) is 1.89. The van der Waals surface area contributed by atoms with Crippen LogP contribution in [0.4, 0.5) is 4.79 Å². The maximum Gasteiger partial charge on any atom is 0.509 e. The summed E-state index contributed by atoms with van der Waals surface area (Å²) in [7, 11) is 1.33. The number of unbranched alkanes of at least 4 members (excludes halogenated alkanes) is 2. The van der Waals surface area contributed by atoms with Gasteiger partial charge in [-0.3, -0.25) is 0 Å². The van der Waals surface area contributed by atoms with Crippen LogP contribution in [0.15, 0.2) is 0 Å². The van der Waals surface area contributed by atoms with Gasteiger partial charge in [0.2, 0.25) is 0 Å². The quantitative estimate of drug-likeness (QED) is 0.419. The maximum atomic E-state index is 11.1. The molecule has 0 radical (unpaired) electrons. The first-order valence-electron chi connectivity index (χ1n) is 5.99. The maximum absolute atomic E-state index is 11.1. The first-order chi connectivity index (χ1) is 7.72. The van der Waals surface area contributed by atoms with Crippen molar-refractivity contribution in [3.63, 3.8) is 0 Å². The molecule has 0 bridgehead atoms. The average molecular weight is 224 g/mol. The summed E-state index contributed by atoms with van der Waals surface area (Å²) in [5.74, 6) is 6.24. The minimum Gasteiger partial charge on any atom is -0.438 e. The van der Waals surface area contributed by atoms with Crippen molar-refractivity contribution in [3.05, 3.63) is 0 Å². The molecule has 0 aliphatic heterocycles. The van der Waals surface area contributed by atoms with Crippen molar-refractivity contribution in [2.75, 3.05) is 7.11 Å². The lowest BCUT2D eigenvalue weighted by Gasteiger charge is -2.21. The number of hydrogen-bond acceptors (Lipinski definition) is 3. The number of carbonyl (C=O) groups is 1. The normalized spacial score (nSPS) is 17.4. The Kier molecular flexibility index (Phi) is 5.18. The van der Waals surface area contributed by atoms with Crippen molar-refractivity contribution in [2.45, 2.75) is 57.5 Å². The molecule has 0 heterocycles. The summed E-state index contributed by atoms with van der Waals surface area (Å²) in [4.78, 5) is 11.1. The molecule has 1 aliphatic carbocycles. The molecule has 16 heavy (non-hydrogen) atoms. The van der Waals surface area contributed by atoms with Gasteiger partial charge < -0.3 is 9.47 Å². The monoisotopic (exact) mass is 224 g/mol. The highest BCUT2D eigenvalue weighted by atomic mass is 16.7. The van der Waals surface area contributed by atoms with E-state index in [2.05, 4.69) is 23.5 Å². The van der Waals surface area contributed by atoms with Gasteiger partial charge in [-0.15, -0.1) is 0 Å². The van der Waals surface area contributed by atoms with Gasteiger partial charge in [-0.2, -0.15) is 0 Å². The predicted octanol–water partition coefficient (Wildman–Crippen LogP) is 3.28. The highest BCUT2D eigenvalue weighted by Crippen LogP contribution is 2.33. The number of methoxy groups -OCH3 is 1. The van der Waals surface area contributed by atoms with E-state index in [1.807, 2.05) is 0 Å². The van der Waals surface area contributed by atoms with E-state index in [0.29, 0.717) is 0 Å². The van der Waals surface area contributed by atoms with Crippen LogP contribution in [0.5, 0.6) is 0 Å². The van der Waals surface area contributed by atoms with Crippen LogP contribution in [0.3, 0.4) is 0 Å². The summed E-state index contributed by atoms with van der Waals surface area (Å²) in [5.41, 5.74) is -0.569. The molecule has 3 nitrogen and oxygen atoms in total. The zero-order chi connectivity index (χ0) is 11.9. The van der Waals surface area contributed by atoms with Crippen LogP contribution in [0.1, 0.15) is 51.9 Å². The molecule has 0 unspecified atom stereocenters. The summed E-state index contributed by atoms with van der Waals surface area (Å²) >= 11 is 0. The Labute approximate surface area is 97.5 Å². The summed E-state index contributed by atoms with van der Waals surface area (Å²) in [6.45, 7) is 2.14. The van der Waals surface area contributed by atoms with E-state index >= 15 is 0 Å². The lowest BCUT2D eigenvalue weighted by Crippen LogP contribution is -2.30. The number of rotatable bonds is 3. The van der Waals surface area contributed by atoms with E-state index in [1.54, 1.807) is 0 Å². The molecule has 1 fully saturated rings. The molecule has 0 atom stereocenters. The largest absolute Gasteiger partial charge is 0.509 e. The zero-order valence-electron chi connectivity index (χ0n) is 10.2. The average Bonchev–Trinajstić information content (AvgIpc) is 2.73. The molecular weight excluding hydrogens is 204 g/mol. The van der Waals surface area contributed by atoms with Gasteiger partial charge in [0.05, 0.1) is 7.11 Å². The van der Waals surface area contributed by atoms with E-state index in [-0.39, 0.29) is 0 Å². The van der Waals surface area contributed by atoms with Crippen molar-refractivity contribution in [3.8, 4) is 11.8 Å². The Hall–Kier alpha value is -1.17. The van der Waals surface area contributed by atoms with Crippen LogP contribution >= 0.6 is 0 Å². The minimum atomic E-state index is -0.619. The fourth-order valence-electron chi connectivity index (χ4n) is 1.89. The van der Waals surface area contributed by atoms with Gasteiger partial charge in [0.15, 0.2) is 5.60 Å². The van der Waals surface area contributed by atoms with Gasteiger partial charge in [0.1, 0.15) is 0 Å². The number of ether oxygens (including phenoxy) is 2. The predicted molar refractivity (Wildman–Crippen MR) is 62.0 cm³/mol. The molecule has 0 aromatic rings. The Bertz CT molecular complexity index is 279. The van der Waals surface area contributed by atoms with Crippen LogP contribution in [-0.2, 0) is 9.47 Å². The number of hydrogen-bond donors (Lipinski definition) is 0. The van der Waals surface area contributed by atoms with E-state index in [0.717, 1.165) is 44.9 Å². The fraction of sp³-hybridized carbons (Fsp3) is 0.769. The van der Waals surface area contributed by atoms with E-state index < -0.39 is 11.8 Å². The molecule has 3 heteroatoms. The third-order valence-electron chi connectivity index (χ3n) is 2.83. The smallest absolute Gasteiger partial charge is 0.438 e. The third kappa shape index (κ3) is 3.77. The molecule has 1 saturated carbocycles. The van der Waals surface area contributed by atoms with Crippen molar-refractivity contribution >= 4 is 6.16 Å². The van der Waals surface area contributed by atoms with E-state index in [1.165, 1.54) is 7.11 Å². The topological polar surface area (TPSA) is 35.5 Å². The molecule has 0 amide bonds. The van der Waals surface area contributed by atoms with Gasteiger partial charge in [-0.1, -0.05) is 25.2 Å². The lowest BCUT2D eigenvalue weighted by atomic mass is 10.0. The van der Waals surface area contributed by atoms with Gasteiger partial charge in [0, 0.05) is 6.42 Å². The van der Waals surface area contributed by atoms with Crippen LogP contribution in [0, 0.1) is 11.8 Å². The Morgan fingerprint density at radius 2 is 2.06 bits per heavy atom. The lowest BCUT2D eigenvalue weighted by molar-refractivity contribution is 0.00796. The molecule has 0 aromatic heterocycles. The van der Waals surface area contributed by atoms with E-state index in [9.17, 15) is 4.79 Å². The molecule has 1 aliphatic rings. The van der Waals surface area contributed by atoms with Crippen LogP contribution < -0.4 is 0 Å². The zero-order valence-corrected chi connectivity index (χ0v) is 10.2. The summed E-state index contributed by atoms with van der Waals surface area (Å²) < 4.78 is 9.83. The molecule has 90 valence electrons. The van der Waals surface area contributed by atoms with Gasteiger partial charge >= 0.3 is 6.16 Å². The summed E-state index contributed by atoms with van der Waals surface area (Å²) in [6, 6.07) is 0. The van der Waals surface area contributed by atoms with Gasteiger partial charge in [0.25, 0.3) is 0 Å². The first-order valence-corrected chi connectivity index (χ1v) is 5.99. The Morgan fingerprint density at radius 1 is 1.38 bits per heavy atom. The van der Waals surface area contributed by atoms with Crippen molar-refractivity contribution in [2.24, 2.45) is 0 Å². The van der Waals surface area contributed by atoms with Crippen LogP contribution in [-0.4, -0.2) is 18.9 Å². The van der Waals surface area contributed by atoms with Crippen molar-refractivity contribution in [1.82, 2.24) is 0 Å². The molecule has 0 saturated heterocycles. The number of carbonyl (C=O) groups excluding carboxylic acids is 1.